The molecule has 1 fully saturated rings. The average Bonchev–Trinajstić information content (AvgIpc) is 3.70. The lowest BCUT2D eigenvalue weighted by molar-refractivity contribution is -0.173. The monoisotopic (exact) mass is 767 g/mol. The lowest BCUT2D eigenvalue weighted by Crippen LogP contribution is -2.43. The second kappa shape index (κ2) is 19.1. The van der Waals surface area contributed by atoms with Gasteiger partial charge in [0.25, 0.3) is 14.4 Å². The van der Waals surface area contributed by atoms with Gasteiger partial charge in [-0.1, -0.05) is 18.2 Å². The van der Waals surface area contributed by atoms with E-state index in [0.717, 1.165) is 0 Å². The van der Waals surface area contributed by atoms with E-state index >= 15 is 0 Å². The van der Waals surface area contributed by atoms with Gasteiger partial charge in [0, 0.05) is 30.7 Å². The first-order valence-corrected chi connectivity index (χ1v) is 17.7. The molecule has 3 amide bonds. The van der Waals surface area contributed by atoms with Crippen LogP contribution in [0, 0.1) is 11.3 Å². The Morgan fingerprint density at radius 3 is 2.42 bits per heavy atom. The minimum atomic E-state index is -5.07. The summed E-state index contributed by atoms with van der Waals surface area (Å²) >= 11 is 0. The molecular formula is C32H41F3N9O8P. The number of alkyl halides is 3. The molecule has 53 heavy (non-hydrogen) atoms. The van der Waals surface area contributed by atoms with Crippen molar-refractivity contribution in [3.05, 3.63) is 48.5 Å². The van der Waals surface area contributed by atoms with Gasteiger partial charge in [-0.25, -0.2) is 19.6 Å². The molecule has 0 aliphatic carbocycles. The van der Waals surface area contributed by atoms with Crippen LogP contribution in [0.2, 0.25) is 0 Å². The third-order valence-electron chi connectivity index (χ3n) is 7.64. The molecule has 4 N–H and O–H groups in total. The standard InChI is InChI=1S/C32H41F3N9O8P/c1-19(2)44(20(3)4)53(50-14-8-11-36)52-25-22(15-45)51-30(26(25)49-16-23(46)37-12-13-38-31(48)32(33,34)35)43-18-41-24-27(39-17-40-28(24)43)42-29(47)21-9-6-5-7-10-21/h5-7,9-10,17-20,22,25-26,30,45H,8,12-16H2,1-4H3,(H,37,46)(H,38,48)(H,39,40,42,47)/t22-,25?,26+,30-,53?/m1/s1. The number of rotatable bonds is 18. The van der Waals surface area contributed by atoms with Crippen LogP contribution >= 0.6 is 8.53 Å². The Balaban J connectivity index is 1.63. The van der Waals surface area contributed by atoms with E-state index in [1.807, 2.05) is 38.4 Å². The molecule has 0 radical (unpaired) electrons. The maximum Gasteiger partial charge on any atom is 0.471 e. The lowest BCUT2D eigenvalue weighted by Gasteiger charge is -2.38. The van der Waals surface area contributed by atoms with Crippen molar-refractivity contribution >= 4 is 43.2 Å². The number of ether oxygens (including phenoxy) is 2. The summed E-state index contributed by atoms with van der Waals surface area (Å²) in [7, 11) is -1.91. The lowest BCUT2D eigenvalue weighted by atomic mass is 10.1. The maximum atomic E-state index is 12.9. The zero-order valence-electron chi connectivity index (χ0n) is 29.3. The van der Waals surface area contributed by atoms with E-state index in [-0.39, 0.29) is 48.6 Å². The van der Waals surface area contributed by atoms with Gasteiger partial charge in [0.15, 0.2) is 23.2 Å². The fourth-order valence-corrected chi connectivity index (χ4v) is 7.15. The number of nitrogens with zero attached hydrogens (tertiary/aromatic N) is 6. The minimum absolute atomic E-state index is 0.0400. The van der Waals surface area contributed by atoms with Crippen LogP contribution in [0.4, 0.5) is 19.0 Å². The summed E-state index contributed by atoms with van der Waals surface area (Å²) < 4.78 is 66.0. The summed E-state index contributed by atoms with van der Waals surface area (Å²) in [6.45, 7) is 5.76. The second-order valence-corrected chi connectivity index (χ2v) is 13.5. The molecule has 1 aliphatic rings. The first kappa shape index (κ1) is 41.4. The van der Waals surface area contributed by atoms with Crippen LogP contribution in [0.15, 0.2) is 43.0 Å². The quantitative estimate of drug-likeness (QED) is 0.108. The summed E-state index contributed by atoms with van der Waals surface area (Å²) in [6, 6.07) is 10.3. The first-order chi connectivity index (χ1) is 25.3. The van der Waals surface area contributed by atoms with Crippen molar-refractivity contribution in [2.45, 2.75) is 76.9 Å². The van der Waals surface area contributed by atoms with E-state index < -0.39 is 76.7 Å². The van der Waals surface area contributed by atoms with Gasteiger partial charge < -0.3 is 39.6 Å². The van der Waals surface area contributed by atoms with Crippen molar-refractivity contribution in [1.82, 2.24) is 34.8 Å². The zero-order chi connectivity index (χ0) is 38.7. The fraction of sp³-hybridized carbons (Fsp3) is 0.531. The van der Waals surface area contributed by atoms with Crippen molar-refractivity contribution in [2.75, 3.05) is 38.2 Å². The maximum absolute atomic E-state index is 12.9. The Morgan fingerprint density at radius 2 is 1.77 bits per heavy atom. The van der Waals surface area contributed by atoms with Crippen LogP contribution in [0.1, 0.15) is 50.7 Å². The molecule has 2 unspecified atom stereocenters. The molecule has 1 saturated heterocycles. The molecule has 1 aliphatic heterocycles. The second-order valence-electron chi connectivity index (χ2n) is 12.1. The van der Waals surface area contributed by atoms with Crippen molar-refractivity contribution in [2.24, 2.45) is 0 Å². The Kier molecular flexibility index (Phi) is 14.9. The molecule has 5 atom stereocenters. The number of nitrogens with one attached hydrogen (secondary N) is 3. The van der Waals surface area contributed by atoms with Crippen LogP contribution in [0.5, 0.6) is 0 Å². The summed E-state index contributed by atoms with van der Waals surface area (Å²) in [6.07, 6.45) is -6.87. The van der Waals surface area contributed by atoms with Crippen LogP contribution in [-0.4, -0.2) is 116 Å². The van der Waals surface area contributed by atoms with Crippen LogP contribution in [0.25, 0.3) is 11.2 Å². The molecule has 288 valence electrons. The smallest absolute Gasteiger partial charge is 0.394 e. The molecule has 3 heterocycles. The molecule has 0 bridgehead atoms. The number of carbonyl (C=O) groups excluding carboxylic acids is 3. The van der Waals surface area contributed by atoms with Crippen molar-refractivity contribution < 1.29 is 51.2 Å². The number of carbonyl (C=O) groups is 3. The number of aromatic nitrogens is 4. The zero-order valence-corrected chi connectivity index (χ0v) is 30.2. The predicted molar refractivity (Wildman–Crippen MR) is 183 cm³/mol. The van der Waals surface area contributed by atoms with Crippen LogP contribution in [0.3, 0.4) is 0 Å². The highest BCUT2D eigenvalue weighted by Gasteiger charge is 2.50. The highest BCUT2D eigenvalue weighted by atomic mass is 31.2. The van der Waals surface area contributed by atoms with Gasteiger partial charge in [-0.3, -0.25) is 19.0 Å². The van der Waals surface area contributed by atoms with Gasteiger partial charge in [0.05, 0.1) is 32.0 Å². The van der Waals surface area contributed by atoms with Gasteiger partial charge in [-0.05, 0) is 39.8 Å². The number of benzene rings is 1. The molecule has 2 aromatic heterocycles. The number of aliphatic hydroxyl groups excluding tert-OH is 1. The van der Waals surface area contributed by atoms with E-state index in [9.17, 15) is 32.7 Å². The first-order valence-electron chi connectivity index (χ1n) is 16.5. The SMILES string of the molecule is CC(C)N(C(C)C)P(OCCC#N)OC1[C@@H](CO)O[C@@H](n2cnc3c(NC(=O)c4ccccc4)ncnc32)[C@H]1OCC(=O)NCCNC(=O)C(F)(F)F. The number of fused-ring (bicyclic) bond motifs is 1. The third kappa shape index (κ3) is 10.9. The Labute approximate surface area is 304 Å². The molecule has 3 aromatic rings. The normalized spacial score (nSPS) is 19.4. The van der Waals surface area contributed by atoms with E-state index in [2.05, 4.69) is 25.6 Å². The van der Waals surface area contributed by atoms with E-state index in [4.69, 9.17) is 23.8 Å². The Bertz CT molecular complexity index is 1720. The topological polar surface area (TPSA) is 215 Å². The number of hydrogen-bond donors (Lipinski definition) is 4. The number of halogens is 3. The highest BCUT2D eigenvalue weighted by Crippen LogP contribution is 2.50. The number of aliphatic hydroxyl groups is 1. The minimum Gasteiger partial charge on any atom is -0.394 e. The molecule has 17 nitrogen and oxygen atoms in total. The molecule has 0 saturated carbocycles. The van der Waals surface area contributed by atoms with E-state index in [1.54, 1.807) is 35.6 Å². The van der Waals surface area contributed by atoms with Gasteiger partial charge in [-0.15, -0.1) is 0 Å². The molecule has 1 aromatic carbocycles. The van der Waals surface area contributed by atoms with E-state index in [0.29, 0.717) is 5.56 Å². The number of imidazole rings is 1. The number of amides is 3. The predicted octanol–water partition coefficient (Wildman–Crippen LogP) is 2.81. The summed E-state index contributed by atoms with van der Waals surface area (Å²) in [5.74, 6) is -3.23. The van der Waals surface area contributed by atoms with Crippen molar-refractivity contribution in [1.29, 1.82) is 5.26 Å². The third-order valence-corrected chi connectivity index (χ3v) is 9.77. The molecule has 21 heteroatoms. The molecule has 4 rings (SSSR count). The molecular weight excluding hydrogens is 726 g/mol. The van der Waals surface area contributed by atoms with Gasteiger partial charge >= 0.3 is 12.1 Å². The van der Waals surface area contributed by atoms with Gasteiger partial charge in [0.1, 0.15) is 31.2 Å². The van der Waals surface area contributed by atoms with Crippen molar-refractivity contribution in [3.63, 3.8) is 0 Å². The van der Waals surface area contributed by atoms with Crippen LogP contribution in [-0.2, 0) is 28.1 Å². The molecule has 0 spiro atoms. The number of hydrogen-bond acceptors (Lipinski definition) is 13. The van der Waals surface area contributed by atoms with Crippen molar-refractivity contribution in [3.8, 4) is 6.07 Å². The van der Waals surface area contributed by atoms with Crippen LogP contribution < -0.4 is 16.0 Å². The number of anilines is 1. The van der Waals surface area contributed by atoms with Gasteiger partial charge in [-0.2, -0.15) is 18.4 Å². The number of nitriles is 1. The summed E-state index contributed by atoms with van der Waals surface area (Å²) in [5, 5.41) is 26.4. The van der Waals surface area contributed by atoms with Gasteiger partial charge in [0.2, 0.25) is 5.91 Å². The Hall–Kier alpha value is -4.35. The summed E-state index contributed by atoms with van der Waals surface area (Å²) in [5.41, 5.74) is 0.765. The average molecular weight is 768 g/mol. The highest BCUT2D eigenvalue weighted by molar-refractivity contribution is 7.44. The fourth-order valence-electron chi connectivity index (χ4n) is 5.38. The van der Waals surface area contributed by atoms with E-state index in [1.165, 1.54) is 17.2 Å². The Morgan fingerprint density at radius 1 is 1.08 bits per heavy atom. The summed E-state index contributed by atoms with van der Waals surface area (Å²) in [4.78, 5) is 49.8. The largest absolute Gasteiger partial charge is 0.471 e.